The highest BCUT2D eigenvalue weighted by molar-refractivity contribution is 7.61. The Morgan fingerprint density at radius 1 is 0.938 bits per heavy atom. The molecule has 10 atom stereocenters. The number of aliphatic hydroxyl groups is 3. The van der Waals surface area contributed by atoms with Crippen LogP contribution in [-0.2, 0) is 45.8 Å². The molecule has 0 radical (unpaired) electrons. The van der Waals surface area contributed by atoms with Crippen LogP contribution < -0.4 is 11.5 Å². The van der Waals surface area contributed by atoms with Crippen molar-refractivity contribution in [3.05, 3.63) is 36.7 Å². The third kappa shape index (κ3) is 8.17. The SMILES string of the molecule is NC(=O)C1=CN([C@@H]2O[C@@H](COP(=O)(O)OP(=O)(O)OC[C@@H]3O[C@H](n4cnc5c(N)ncnc54)[C@@H](OP(=O)(O)O)[C@@H]3O)[C@H](O)[C@@H]2O)C=CC1. The van der Waals surface area contributed by atoms with Crippen LogP contribution in [0.5, 0.6) is 0 Å². The van der Waals surface area contributed by atoms with Gasteiger partial charge in [-0.2, -0.15) is 4.31 Å². The summed E-state index contributed by atoms with van der Waals surface area (Å²) in [5.41, 5.74) is 11.3. The number of aromatic nitrogens is 4. The van der Waals surface area contributed by atoms with Crippen molar-refractivity contribution in [1.82, 2.24) is 24.4 Å². The summed E-state index contributed by atoms with van der Waals surface area (Å²) >= 11 is 0. The van der Waals surface area contributed by atoms with Crippen LogP contribution in [0.4, 0.5) is 5.82 Å². The summed E-state index contributed by atoms with van der Waals surface area (Å²) in [4.78, 5) is 63.4. The van der Waals surface area contributed by atoms with Gasteiger partial charge in [-0.05, 0) is 6.42 Å². The quantitative estimate of drug-likeness (QED) is 0.0951. The first kappa shape index (κ1) is 36.5. The average Bonchev–Trinajstić information content (AvgIpc) is 3.64. The predicted molar refractivity (Wildman–Crippen MR) is 153 cm³/mol. The molecule has 48 heavy (non-hydrogen) atoms. The van der Waals surface area contributed by atoms with E-state index in [2.05, 4.69) is 23.8 Å². The Labute approximate surface area is 268 Å². The molecule has 2 saturated heterocycles. The number of carbonyl (C=O) groups is 1. The van der Waals surface area contributed by atoms with Gasteiger partial charge in [0.05, 0.1) is 19.5 Å². The van der Waals surface area contributed by atoms with Crippen molar-refractivity contribution in [2.45, 2.75) is 55.5 Å². The highest BCUT2D eigenvalue weighted by Crippen LogP contribution is 2.61. The molecule has 2 fully saturated rings. The van der Waals surface area contributed by atoms with E-state index < -0.39 is 91.7 Å². The van der Waals surface area contributed by atoms with E-state index in [0.29, 0.717) is 0 Å². The molecule has 27 heteroatoms. The fraction of sp³-hybridized carbons (Fsp3) is 0.524. The Kier molecular flexibility index (Phi) is 10.6. The standard InChI is InChI=1S/C21H30N7O17P3/c22-17-12-19(25-7-24-17)28(8-26-12)21-16(44-46(33,34)35)14(30)11(43-21)6-41-48(38,39)45-47(36,37)40-5-10-13(29)15(31)20(42-10)27-3-1-2-9(4-27)18(23)32/h1,3-4,7-8,10-11,13-16,20-21,29-31H,2,5-6H2,(H2,23,32)(H,36,37)(H,38,39)(H2,22,24,25)(H2,33,34,35)/t10-,11-,13-,14+,15-,16-,20+,21-/m0/s1. The Morgan fingerprint density at radius 2 is 1.56 bits per heavy atom. The van der Waals surface area contributed by atoms with Gasteiger partial charge in [-0.15, -0.1) is 0 Å². The van der Waals surface area contributed by atoms with Crippen molar-refractivity contribution in [2.24, 2.45) is 5.73 Å². The number of imidazole rings is 1. The highest BCUT2D eigenvalue weighted by Gasteiger charge is 2.51. The Hall–Kier alpha value is -2.73. The van der Waals surface area contributed by atoms with E-state index in [1.807, 2.05) is 0 Å². The van der Waals surface area contributed by atoms with Gasteiger partial charge in [-0.3, -0.25) is 22.9 Å². The zero-order valence-corrected chi connectivity index (χ0v) is 26.8. The number of carbonyl (C=O) groups excluding carboxylic acids is 1. The van der Waals surface area contributed by atoms with E-state index in [-0.39, 0.29) is 29.0 Å². The summed E-state index contributed by atoms with van der Waals surface area (Å²) < 4.78 is 67.2. The first-order valence-electron chi connectivity index (χ1n) is 13.5. The van der Waals surface area contributed by atoms with Gasteiger partial charge >= 0.3 is 23.5 Å². The third-order valence-electron chi connectivity index (χ3n) is 7.11. The number of aliphatic hydroxyl groups excluding tert-OH is 3. The molecule has 5 heterocycles. The minimum absolute atomic E-state index is 0.00424. The van der Waals surface area contributed by atoms with Crippen LogP contribution >= 0.6 is 23.5 Å². The number of nitrogens with two attached hydrogens (primary N) is 2. The predicted octanol–water partition coefficient (Wildman–Crippen LogP) is -2.57. The molecular formula is C21H30N7O17P3. The van der Waals surface area contributed by atoms with Gasteiger partial charge in [0.15, 0.2) is 23.9 Å². The Morgan fingerprint density at radius 3 is 2.19 bits per heavy atom. The van der Waals surface area contributed by atoms with Crippen molar-refractivity contribution in [3.63, 3.8) is 0 Å². The minimum atomic E-state index is -5.52. The van der Waals surface area contributed by atoms with Crippen molar-refractivity contribution in [1.29, 1.82) is 0 Å². The summed E-state index contributed by atoms with van der Waals surface area (Å²) in [6.45, 7) is -2.02. The average molecular weight is 745 g/mol. The van der Waals surface area contributed by atoms with Crippen molar-refractivity contribution < 1.29 is 80.7 Å². The number of hydrogen-bond donors (Lipinski definition) is 9. The van der Waals surface area contributed by atoms with E-state index >= 15 is 0 Å². The van der Waals surface area contributed by atoms with Crippen LogP contribution in [0, 0.1) is 0 Å². The van der Waals surface area contributed by atoms with Gasteiger partial charge in [0.1, 0.15) is 48.5 Å². The monoisotopic (exact) mass is 745 g/mol. The molecule has 24 nitrogen and oxygen atoms in total. The summed E-state index contributed by atoms with van der Waals surface area (Å²) in [7, 11) is -16.3. The number of fused-ring (bicyclic) bond motifs is 1. The van der Waals surface area contributed by atoms with Gasteiger partial charge in [-0.25, -0.2) is 28.6 Å². The number of nitrogen functional groups attached to an aromatic ring is 1. The van der Waals surface area contributed by atoms with Crippen LogP contribution in [0.1, 0.15) is 12.6 Å². The molecule has 5 rings (SSSR count). The molecule has 3 aliphatic rings. The number of rotatable bonds is 13. The summed E-state index contributed by atoms with van der Waals surface area (Å²) in [5.74, 6) is -0.791. The number of ether oxygens (including phenoxy) is 2. The molecule has 2 aromatic rings. The number of phosphoric acid groups is 3. The lowest BCUT2D eigenvalue weighted by atomic mass is 10.1. The first-order chi connectivity index (χ1) is 22.4. The zero-order valence-electron chi connectivity index (χ0n) is 24.1. The summed E-state index contributed by atoms with van der Waals surface area (Å²) in [5, 5.41) is 31.5. The van der Waals surface area contributed by atoms with Gasteiger partial charge in [-0.1, -0.05) is 6.08 Å². The second-order valence-electron chi connectivity index (χ2n) is 10.4. The van der Waals surface area contributed by atoms with Gasteiger partial charge in [0, 0.05) is 18.0 Å². The van der Waals surface area contributed by atoms with Crippen molar-refractivity contribution >= 4 is 46.4 Å². The summed E-state index contributed by atoms with van der Waals surface area (Å²) in [6.07, 6.45) is -6.47. The molecule has 2 aromatic heterocycles. The number of anilines is 1. The molecule has 1 amide bonds. The second kappa shape index (κ2) is 13.9. The number of phosphoric ester groups is 3. The van der Waals surface area contributed by atoms with E-state index in [4.69, 9.17) is 30.0 Å². The largest absolute Gasteiger partial charge is 0.481 e. The molecule has 0 spiro atoms. The number of amides is 1. The maximum absolute atomic E-state index is 12.6. The Bertz CT molecular complexity index is 1740. The lowest BCUT2D eigenvalue weighted by Crippen LogP contribution is -2.40. The topological polar surface area (TPSA) is 364 Å². The molecule has 0 aromatic carbocycles. The van der Waals surface area contributed by atoms with E-state index in [1.165, 1.54) is 23.4 Å². The smallest absolute Gasteiger partial charge is 0.387 e. The lowest BCUT2D eigenvalue weighted by molar-refractivity contribution is -0.115. The Balaban J connectivity index is 1.20. The molecule has 266 valence electrons. The molecule has 0 bridgehead atoms. The normalized spacial score (nSPS) is 31.9. The highest BCUT2D eigenvalue weighted by atomic mass is 31.3. The molecular weight excluding hydrogens is 715 g/mol. The van der Waals surface area contributed by atoms with Gasteiger partial charge in [0.25, 0.3) is 0 Å². The maximum Gasteiger partial charge on any atom is 0.481 e. The van der Waals surface area contributed by atoms with Crippen LogP contribution in [0.25, 0.3) is 11.2 Å². The fourth-order valence-electron chi connectivity index (χ4n) is 4.93. The van der Waals surface area contributed by atoms with Crippen molar-refractivity contribution in [3.8, 4) is 0 Å². The molecule has 2 unspecified atom stereocenters. The molecule has 0 saturated carbocycles. The minimum Gasteiger partial charge on any atom is -0.387 e. The van der Waals surface area contributed by atoms with Crippen LogP contribution in [0.3, 0.4) is 0 Å². The van der Waals surface area contributed by atoms with Crippen LogP contribution in [-0.4, -0.2) is 121 Å². The third-order valence-corrected chi connectivity index (χ3v) is 10.2. The number of primary amides is 1. The van der Waals surface area contributed by atoms with Gasteiger partial charge < -0.3 is 60.7 Å². The molecule has 0 aliphatic carbocycles. The van der Waals surface area contributed by atoms with Crippen molar-refractivity contribution in [2.75, 3.05) is 18.9 Å². The lowest BCUT2D eigenvalue weighted by Gasteiger charge is -2.28. The van der Waals surface area contributed by atoms with Gasteiger partial charge in [0.2, 0.25) is 5.91 Å². The van der Waals surface area contributed by atoms with E-state index in [1.54, 1.807) is 0 Å². The molecule has 3 aliphatic heterocycles. The van der Waals surface area contributed by atoms with E-state index in [9.17, 15) is 53.4 Å². The van der Waals surface area contributed by atoms with Crippen LogP contribution in [0.2, 0.25) is 0 Å². The van der Waals surface area contributed by atoms with E-state index in [0.717, 1.165) is 17.2 Å². The second-order valence-corrected chi connectivity index (χ2v) is 14.6. The maximum atomic E-state index is 12.6. The zero-order chi connectivity index (χ0) is 35.2. The fourth-order valence-corrected chi connectivity index (χ4v) is 7.57. The number of allylic oxidation sites excluding steroid dienone is 1. The van der Waals surface area contributed by atoms with Crippen LogP contribution in [0.15, 0.2) is 36.7 Å². The molecule has 11 N–H and O–H groups in total. The number of nitrogens with zero attached hydrogens (tertiary/aromatic N) is 5. The first-order valence-corrected chi connectivity index (χ1v) is 18.0. The summed E-state index contributed by atoms with van der Waals surface area (Å²) in [6, 6.07) is 0. The number of hydrogen-bond acceptors (Lipinski definition) is 18.